The fourth-order valence-electron chi connectivity index (χ4n) is 3.63. The van der Waals surface area contributed by atoms with Gasteiger partial charge in [-0.15, -0.1) is 0 Å². The minimum Gasteiger partial charge on any atom is -0.493 e. The maximum Gasteiger partial charge on any atom is 0.281 e. The van der Waals surface area contributed by atoms with Gasteiger partial charge in [0.2, 0.25) is 0 Å². The molecular formula is C23H26F3N5O4S. The molecule has 13 heteroatoms. The van der Waals surface area contributed by atoms with Crippen molar-refractivity contribution in [3.05, 3.63) is 54.0 Å². The van der Waals surface area contributed by atoms with Gasteiger partial charge in [-0.1, -0.05) is 13.8 Å². The van der Waals surface area contributed by atoms with E-state index in [1.807, 2.05) is 18.6 Å². The number of halogens is 3. The molecule has 1 aliphatic rings. The fourth-order valence-corrected chi connectivity index (χ4v) is 4.50. The van der Waals surface area contributed by atoms with Crippen LogP contribution in [0.2, 0.25) is 0 Å². The zero-order valence-electron chi connectivity index (χ0n) is 19.5. The summed E-state index contributed by atoms with van der Waals surface area (Å²) in [7, 11) is -4.29. The Kier molecular flexibility index (Phi) is 6.94. The molecule has 36 heavy (non-hydrogen) atoms. The minimum absolute atomic E-state index is 0. The summed E-state index contributed by atoms with van der Waals surface area (Å²) < 4.78 is 74.8. The first kappa shape index (κ1) is 25.5. The normalized spacial score (nSPS) is 15.3. The minimum atomic E-state index is -4.29. The summed E-state index contributed by atoms with van der Waals surface area (Å²) in [6.07, 6.45) is 0.741. The Bertz CT molecular complexity index is 1370. The molecule has 1 fully saturated rings. The van der Waals surface area contributed by atoms with Crippen LogP contribution in [-0.2, 0) is 10.0 Å². The van der Waals surface area contributed by atoms with Crippen molar-refractivity contribution in [1.29, 1.82) is 0 Å². The van der Waals surface area contributed by atoms with Crippen molar-refractivity contribution in [3.8, 4) is 17.0 Å². The van der Waals surface area contributed by atoms with Crippen LogP contribution in [0.1, 0.15) is 32.1 Å². The van der Waals surface area contributed by atoms with Gasteiger partial charge in [0.1, 0.15) is 17.4 Å². The lowest BCUT2D eigenvalue weighted by molar-refractivity contribution is 0.0256. The number of carbonyl (C=O) groups is 1. The van der Waals surface area contributed by atoms with E-state index in [0.29, 0.717) is 12.2 Å². The monoisotopic (exact) mass is 525 g/mol. The van der Waals surface area contributed by atoms with Gasteiger partial charge in [-0.05, 0) is 36.2 Å². The maximum absolute atomic E-state index is 14.3. The van der Waals surface area contributed by atoms with Gasteiger partial charge in [-0.3, -0.25) is 9.89 Å². The number of aromatic nitrogens is 3. The van der Waals surface area contributed by atoms with Crippen LogP contribution >= 0.6 is 0 Å². The molecule has 194 valence electrons. The molecule has 2 N–H and O–H groups in total. The lowest BCUT2D eigenvalue weighted by atomic mass is 10.1. The number of aromatic amines is 1. The number of hydrogen-bond donors (Lipinski definition) is 2. The average Bonchev–Trinajstić information content (AvgIpc) is 3.47. The predicted molar refractivity (Wildman–Crippen MR) is 127 cm³/mol. The van der Waals surface area contributed by atoms with Crippen molar-refractivity contribution >= 4 is 21.7 Å². The van der Waals surface area contributed by atoms with Crippen LogP contribution in [0.4, 0.5) is 19.0 Å². The molecule has 1 saturated heterocycles. The molecule has 1 aromatic carbocycles. The predicted octanol–water partition coefficient (Wildman–Crippen LogP) is 3.86. The molecule has 0 atom stereocenters. The van der Waals surface area contributed by atoms with E-state index >= 15 is 0 Å². The number of carbonyl (C=O) groups excluding carboxylic acids is 1. The van der Waals surface area contributed by atoms with Gasteiger partial charge in [0.05, 0.1) is 30.6 Å². The fraction of sp³-hybridized carbons (Fsp3) is 0.348. The SMILES string of the molecule is CC(C)COc1cc(F)cc(-c2ccc(C(=O)NS(=O)(=O)c3ccn[nH]3)c(N3CCC(F)(F)C3)n2)c1.[HH]. The summed E-state index contributed by atoms with van der Waals surface area (Å²) in [6.45, 7) is 3.42. The Labute approximate surface area is 207 Å². The molecule has 0 saturated carbocycles. The third-order valence-electron chi connectivity index (χ3n) is 5.33. The highest BCUT2D eigenvalue weighted by Gasteiger charge is 2.40. The van der Waals surface area contributed by atoms with E-state index in [0.717, 1.165) is 6.07 Å². The standard InChI is InChI=1S/C23H24F3N5O4S.H2/c1-14(2)12-35-17-10-15(9-16(24)11-17)19-4-3-18(21(28-19)31-8-6-23(25,26)13-31)22(32)30-36(33,34)20-5-7-27-29-20;/h3-5,7,9-11,14H,6,8,12-13H2,1-2H3,(H,27,29)(H,30,32);1H. The Hall–Kier alpha value is -3.61. The highest BCUT2D eigenvalue weighted by atomic mass is 32.2. The molecule has 0 radical (unpaired) electrons. The van der Waals surface area contributed by atoms with Gasteiger partial charge in [-0.2, -0.15) is 13.5 Å². The van der Waals surface area contributed by atoms with Crippen LogP contribution < -0.4 is 14.4 Å². The van der Waals surface area contributed by atoms with Crippen LogP contribution in [0, 0.1) is 11.7 Å². The largest absolute Gasteiger partial charge is 0.493 e. The van der Waals surface area contributed by atoms with Crippen LogP contribution in [0.25, 0.3) is 11.3 Å². The first-order valence-electron chi connectivity index (χ1n) is 11.1. The number of alkyl halides is 2. The van der Waals surface area contributed by atoms with Crippen molar-refractivity contribution in [1.82, 2.24) is 19.9 Å². The molecule has 1 amide bonds. The summed E-state index contributed by atoms with van der Waals surface area (Å²) in [5.41, 5.74) is 0.271. The number of sulfonamides is 1. The molecule has 3 aromatic rings. The molecule has 3 heterocycles. The summed E-state index contributed by atoms with van der Waals surface area (Å²) >= 11 is 0. The van der Waals surface area contributed by atoms with Gasteiger partial charge in [0.15, 0.2) is 5.03 Å². The number of pyridine rings is 1. The second-order valence-corrected chi connectivity index (χ2v) is 10.5. The van der Waals surface area contributed by atoms with Crippen molar-refractivity contribution in [3.63, 3.8) is 0 Å². The summed E-state index contributed by atoms with van der Waals surface area (Å²) in [4.78, 5) is 18.5. The number of amides is 1. The number of H-pyrrole nitrogens is 1. The number of benzene rings is 1. The molecule has 1 aliphatic heterocycles. The number of nitrogens with one attached hydrogen (secondary N) is 2. The van der Waals surface area contributed by atoms with Gasteiger partial charge in [0.25, 0.3) is 21.9 Å². The Morgan fingerprint density at radius 1 is 1.28 bits per heavy atom. The topological polar surface area (TPSA) is 117 Å². The van der Waals surface area contributed by atoms with Crippen molar-refractivity contribution in [2.45, 2.75) is 31.2 Å². The zero-order chi connectivity index (χ0) is 26.1. The molecule has 2 aromatic heterocycles. The van der Waals surface area contributed by atoms with E-state index in [2.05, 4.69) is 15.2 Å². The van der Waals surface area contributed by atoms with E-state index in [1.54, 1.807) is 6.07 Å². The molecule has 0 bridgehead atoms. The van der Waals surface area contributed by atoms with Gasteiger partial charge < -0.3 is 9.64 Å². The second-order valence-electron chi connectivity index (χ2n) is 8.83. The first-order chi connectivity index (χ1) is 16.9. The Balaban J connectivity index is 0.00000380. The quantitative estimate of drug-likeness (QED) is 0.459. The van der Waals surface area contributed by atoms with Crippen LogP contribution in [0.5, 0.6) is 5.75 Å². The number of anilines is 1. The smallest absolute Gasteiger partial charge is 0.281 e. The molecule has 0 aliphatic carbocycles. The molecule has 0 unspecified atom stereocenters. The van der Waals surface area contributed by atoms with E-state index in [4.69, 9.17) is 4.74 Å². The number of rotatable bonds is 8. The van der Waals surface area contributed by atoms with Crippen LogP contribution in [-0.4, -0.2) is 55.1 Å². The van der Waals surface area contributed by atoms with E-state index in [1.165, 1.54) is 35.4 Å². The van der Waals surface area contributed by atoms with E-state index in [9.17, 15) is 26.4 Å². The first-order valence-corrected chi connectivity index (χ1v) is 12.6. The average molecular weight is 526 g/mol. The molecular weight excluding hydrogens is 499 g/mol. The van der Waals surface area contributed by atoms with Crippen LogP contribution in [0.3, 0.4) is 0 Å². The molecule has 0 spiro atoms. The van der Waals surface area contributed by atoms with Crippen molar-refractivity contribution in [2.75, 3.05) is 24.6 Å². The lowest BCUT2D eigenvalue weighted by Crippen LogP contribution is -2.34. The lowest BCUT2D eigenvalue weighted by Gasteiger charge is -2.21. The number of ether oxygens (including phenoxy) is 1. The highest BCUT2D eigenvalue weighted by molar-refractivity contribution is 7.90. The van der Waals surface area contributed by atoms with Gasteiger partial charge in [0, 0.05) is 26.0 Å². The summed E-state index contributed by atoms with van der Waals surface area (Å²) in [5.74, 6) is -4.33. The summed E-state index contributed by atoms with van der Waals surface area (Å²) in [6, 6.07) is 7.79. The number of hydrogen-bond acceptors (Lipinski definition) is 7. The van der Waals surface area contributed by atoms with Gasteiger partial charge in [-0.25, -0.2) is 22.9 Å². The number of nitrogens with zero attached hydrogens (tertiary/aromatic N) is 3. The van der Waals surface area contributed by atoms with Gasteiger partial charge >= 0.3 is 0 Å². The Morgan fingerprint density at radius 3 is 2.69 bits per heavy atom. The zero-order valence-corrected chi connectivity index (χ0v) is 20.3. The van der Waals surface area contributed by atoms with Crippen molar-refractivity contribution < 1.29 is 32.5 Å². The third-order valence-corrected chi connectivity index (χ3v) is 6.59. The maximum atomic E-state index is 14.3. The summed E-state index contributed by atoms with van der Waals surface area (Å²) in [5, 5.41) is 5.45. The van der Waals surface area contributed by atoms with E-state index < -0.39 is 40.6 Å². The third kappa shape index (κ3) is 5.78. The highest BCUT2D eigenvalue weighted by Crippen LogP contribution is 2.34. The molecule has 4 rings (SSSR count). The van der Waals surface area contributed by atoms with Crippen LogP contribution in [0.15, 0.2) is 47.6 Å². The Morgan fingerprint density at radius 2 is 2.06 bits per heavy atom. The van der Waals surface area contributed by atoms with E-state index in [-0.39, 0.29) is 41.7 Å². The molecule has 9 nitrogen and oxygen atoms in total. The second kappa shape index (κ2) is 9.80. The van der Waals surface area contributed by atoms with Crippen molar-refractivity contribution in [2.24, 2.45) is 5.92 Å².